The number of carbonyl (C=O) groups excluding carboxylic acids is 1. The predicted molar refractivity (Wildman–Crippen MR) is 142 cm³/mol. The maximum Gasteiger partial charge on any atom is 0.490 e. The van der Waals surface area contributed by atoms with Crippen molar-refractivity contribution in [3.05, 3.63) is 53.1 Å². The number of likely N-dealkylation sites (tertiary alicyclic amines) is 1. The number of aliphatic carboxylic acids is 1. The minimum absolute atomic E-state index is 0.0639. The highest BCUT2D eigenvalue weighted by Crippen LogP contribution is 2.49. The van der Waals surface area contributed by atoms with Crippen molar-refractivity contribution in [3.8, 4) is 11.5 Å². The first-order valence-corrected chi connectivity index (χ1v) is 12.7. The summed E-state index contributed by atoms with van der Waals surface area (Å²) < 4.78 is 42.8. The van der Waals surface area contributed by atoms with Gasteiger partial charge in [0, 0.05) is 35.3 Å². The molecule has 2 aromatic carbocycles. The van der Waals surface area contributed by atoms with Crippen molar-refractivity contribution in [1.82, 2.24) is 10.2 Å². The first kappa shape index (κ1) is 30.4. The molecular weight excluding hydrogens is 539 g/mol. The number of likely N-dealkylation sites (N-methyl/N-ethyl adjacent to an activating group) is 1. The maximum absolute atomic E-state index is 12.9. The average Bonchev–Trinajstić information content (AvgIpc) is 3.24. The molecule has 1 aliphatic carbocycles. The molecule has 214 valence electrons. The van der Waals surface area contributed by atoms with Gasteiger partial charge in [0.25, 0.3) is 0 Å². The van der Waals surface area contributed by atoms with Crippen molar-refractivity contribution >= 4 is 29.3 Å². The van der Waals surface area contributed by atoms with E-state index in [-0.39, 0.29) is 17.5 Å². The van der Waals surface area contributed by atoms with Gasteiger partial charge in [-0.2, -0.15) is 13.2 Å². The van der Waals surface area contributed by atoms with E-state index in [0.717, 1.165) is 49.4 Å². The van der Waals surface area contributed by atoms with Gasteiger partial charge >= 0.3 is 18.2 Å². The van der Waals surface area contributed by atoms with E-state index < -0.39 is 12.1 Å². The number of urea groups is 1. The number of nitrogens with zero attached hydrogens (tertiary/aromatic N) is 2. The molecule has 0 bridgehead atoms. The Morgan fingerprint density at radius 2 is 1.79 bits per heavy atom. The highest BCUT2D eigenvalue weighted by molar-refractivity contribution is 6.30. The van der Waals surface area contributed by atoms with Crippen LogP contribution in [0.5, 0.6) is 11.5 Å². The number of hydrogen-bond acceptors (Lipinski definition) is 5. The molecule has 0 spiro atoms. The highest BCUT2D eigenvalue weighted by atomic mass is 35.5. The molecule has 2 aliphatic rings. The number of benzene rings is 2. The lowest BCUT2D eigenvalue weighted by molar-refractivity contribution is -0.192. The number of carbonyl (C=O) groups is 2. The zero-order chi connectivity index (χ0) is 29.0. The smallest absolute Gasteiger partial charge is 0.490 e. The van der Waals surface area contributed by atoms with E-state index in [9.17, 15) is 18.0 Å². The predicted octanol–water partition coefficient (Wildman–Crippen LogP) is 5.33. The van der Waals surface area contributed by atoms with Gasteiger partial charge in [0.1, 0.15) is 0 Å². The number of methoxy groups -OCH3 is 2. The van der Waals surface area contributed by atoms with Crippen LogP contribution in [0, 0.1) is 0 Å². The zero-order valence-electron chi connectivity index (χ0n) is 22.2. The maximum atomic E-state index is 12.9. The standard InChI is InChI=1S/C25H32ClN3O3.C2HF3O2/c1-28-13-12-25(17-8-9-21(31-3)22(14-17)32-4)11-10-19(16-23(25)28)27-24(30)29(2)20-7-5-6-18(26)15-20;3-2(4,5)1(6)7/h5-9,14-15,19,23H,10-13,16H2,1-4H3,(H,27,30);(H,6,7)/t19-,23+,25+;/m1./s1. The number of rotatable bonds is 5. The second kappa shape index (κ2) is 12.3. The molecule has 12 heteroatoms. The molecule has 2 fully saturated rings. The van der Waals surface area contributed by atoms with E-state index in [4.69, 9.17) is 31.0 Å². The molecule has 3 atom stereocenters. The molecule has 4 rings (SSSR count). The van der Waals surface area contributed by atoms with E-state index in [1.165, 1.54) is 5.56 Å². The van der Waals surface area contributed by atoms with Crippen LogP contribution in [0.4, 0.5) is 23.7 Å². The van der Waals surface area contributed by atoms with E-state index in [1.807, 2.05) is 24.3 Å². The summed E-state index contributed by atoms with van der Waals surface area (Å²) in [6.45, 7) is 1.04. The molecule has 0 unspecified atom stereocenters. The molecule has 1 saturated carbocycles. The summed E-state index contributed by atoms with van der Waals surface area (Å²) in [5, 5.41) is 11.0. The second-order valence-corrected chi connectivity index (χ2v) is 10.2. The Labute approximate surface area is 230 Å². The molecule has 2 aromatic rings. The van der Waals surface area contributed by atoms with Gasteiger partial charge in [-0.15, -0.1) is 0 Å². The molecule has 1 aliphatic heterocycles. The minimum Gasteiger partial charge on any atom is -0.493 e. The zero-order valence-corrected chi connectivity index (χ0v) is 23.0. The van der Waals surface area contributed by atoms with Crippen molar-refractivity contribution in [2.24, 2.45) is 0 Å². The number of amides is 2. The van der Waals surface area contributed by atoms with E-state index in [1.54, 1.807) is 32.2 Å². The largest absolute Gasteiger partial charge is 0.493 e. The minimum atomic E-state index is -5.08. The quantitative estimate of drug-likeness (QED) is 0.504. The summed E-state index contributed by atoms with van der Waals surface area (Å²) in [5.41, 5.74) is 2.14. The first-order chi connectivity index (χ1) is 18.3. The number of hydrogen-bond donors (Lipinski definition) is 2. The summed E-state index contributed by atoms with van der Waals surface area (Å²) in [6.07, 6.45) is -1.11. The van der Waals surface area contributed by atoms with Crippen LogP contribution in [0.2, 0.25) is 5.02 Å². The van der Waals surface area contributed by atoms with Gasteiger partial charge < -0.3 is 24.8 Å². The molecule has 2 N–H and O–H groups in total. The summed E-state index contributed by atoms with van der Waals surface area (Å²) in [6, 6.07) is 14.1. The number of carboxylic acids is 1. The van der Waals surface area contributed by atoms with Gasteiger partial charge in [-0.25, -0.2) is 9.59 Å². The van der Waals surface area contributed by atoms with Gasteiger partial charge in [0.15, 0.2) is 11.5 Å². The van der Waals surface area contributed by atoms with Crippen molar-refractivity contribution in [1.29, 1.82) is 0 Å². The van der Waals surface area contributed by atoms with Crippen LogP contribution in [-0.2, 0) is 10.2 Å². The third-order valence-corrected chi connectivity index (χ3v) is 7.79. The van der Waals surface area contributed by atoms with Gasteiger partial charge in [-0.1, -0.05) is 23.7 Å². The second-order valence-electron chi connectivity index (χ2n) is 9.73. The van der Waals surface area contributed by atoms with Crippen LogP contribution in [0.25, 0.3) is 0 Å². The summed E-state index contributed by atoms with van der Waals surface area (Å²) >= 11 is 6.10. The third-order valence-electron chi connectivity index (χ3n) is 7.56. The van der Waals surface area contributed by atoms with Crippen LogP contribution in [-0.4, -0.2) is 75.1 Å². The van der Waals surface area contributed by atoms with Gasteiger partial charge in [0.05, 0.1) is 14.2 Å². The fourth-order valence-corrected chi connectivity index (χ4v) is 5.65. The molecule has 2 amide bonds. The van der Waals surface area contributed by atoms with Crippen LogP contribution < -0.4 is 19.7 Å². The average molecular weight is 572 g/mol. The summed E-state index contributed by atoms with van der Waals surface area (Å²) in [7, 11) is 7.31. The van der Waals surface area contributed by atoms with Crippen LogP contribution in [0.1, 0.15) is 31.2 Å². The van der Waals surface area contributed by atoms with Crippen LogP contribution in [0.3, 0.4) is 0 Å². The van der Waals surface area contributed by atoms with E-state index >= 15 is 0 Å². The number of anilines is 1. The van der Waals surface area contributed by atoms with Crippen molar-refractivity contribution in [2.75, 3.05) is 39.8 Å². The molecule has 1 saturated heterocycles. The molecular formula is C27H33ClF3N3O5. The SMILES string of the molecule is COc1ccc([C@@]23CC[C@@H](NC(=O)N(C)c4cccc(Cl)c4)C[C@@H]2N(C)CC3)cc1OC.O=C(O)C(F)(F)F. The number of alkyl halides is 3. The summed E-state index contributed by atoms with van der Waals surface area (Å²) in [5.74, 6) is -1.24. The fraction of sp³-hybridized carbons (Fsp3) is 0.481. The lowest BCUT2D eigenvalue weighted by Gasteiger charge is -2.45. The molecule has 39 heavy (non-hydrogen) atoms. The Balaban J connectivity index is 0.000000532. The van der Waals surface area contributed by atoms with Crippen LogP contribution >= 0.6 is 11.6 Å². The number of nitrogens with one attached hydrogen (secondary N) is 1. The topological polar surface area (TPSA) is 91.3 Å². The number of halogens is 4. The number of fused-ring (bicyclic) bond motifs is 1. The van der Waals surface area contributed by atoms with Crippen molar-refractivity contribution in [3.63, 3.8) is 0 Å². The molecule has 1 heterocycles. The van der Waals surface area contributed by atoms with Crippen molar-refractivity contribution in [2.45, 2.75) is 49.4 Å². The molecule has 0 aromatic heterocycles. The van der Waals surface area contributed by atoms with E-state index in [0.29, 0.717) is 11.1 Å². The monoisotopic (exact) mass is 571 g/mol. The van der Waals surface area contributed by atoms with E-state index in [2.05, 4.69) is 29.4 Å². The highest BCUT2D eigenvalue weighted by Gasteiger charge is 2.50. The Hall–Kier alpha value is -3.18. The normalized spacial score (nSPS) is 22.7. The molecule has 0 radical (unpaired) electrons. The first-order valence-electron chi connectivity index (χ1n) is 12.3. The fourth-order valence-electron chi connectivity index (χ4n) is 5.47. The van der Waals surface area contributed by atoms with Crippen LogP contribution in [0.15, 0.2) is 42.5 Å². The van der Waals surface area contributed by atoms with Crippen molar-refractivity contribution < 1.29 is 37.3 Å². The molecule has 8 nitrogen and oxygen atoms in total. The third kappa shape index (κ3) is 6.88. The Morgan fingerprint density at radius 1 is 1.13 bits per heavy atom. The van der Waals surface area contributed by atoms with Gasteiger partial charge in [0.2, 0.25) is 0 Å². The van der Waals surface area contributed by atoms with Gasteiger partial charge in [-0.3, -0.25) is 4.90 Å². The van der Waals surface area contributed by atoms with Gasteiger partial charge in [-0.05, 0) is 75.2 Å². The Morgan fingerprint density at radius 3 is 2.38 bits per heavy atom. The Kier molecular flexibility index (Phi) is 9.60. The number of carboxylic acid groups (broad SMARTS) is 1. The summed E-state index contributed by atoms with van der Waals surface area (Å²) in [4.78, 5) is 25.9. The Bertz CT molecular complexity index is 1180. The lowest BCUT2D eigenvalue weighted by Crippen LogP contribution is -2.53. The lowest BCUT2D eigenvalue weighted by atomic mass is 9.65. The number of ether oxygens (including phenoxy) is 2.